The Hall–Kier alpha value is -1.10. The molecule has 5 heteroatoms. The summed E-state index contributed by atoms with van der Waals surface area (Å²) in [5.74, 6) is 0.0355. The third kappa shape index (κ3) is 6.34. The fourth-order valence-electron chi connectivity index (χ4n) is 2.51. The molecule has 22 heavy (non-hydrogen) atoms. The van der Waals surface area contributed by atoms with Gasteiger partial charge in [-0.3, -0.25) is 4.79 Å². The minimum absolute atomic E-state index is 0. The van der Waals surface area contributed by atoms with Crippen LogP contribution in [-0.2, 0) is 14.9 Å². The average molecular weight is 329 g/mol. The van der Waals surface area contributed by atoms with E-state index in [1.807, 2.05) is 6.07 Å². The number of hydrogen-bond donors (Lipinski definition) is 2. The van der Waals surface area contributed by atoms with Crippen molar-refractivity contribution in [3.8, 4) is 0 Å². The van der Waals surface area contributed by atoms with Crippen LogP contribution in [0.25, 0.3) is 0 Å². The minimum Gasteiger partial charge on any atom is -0.383 e. The number of benzene rings is 1. The van der Waals surface area contributed by atoms with Crippen LogP contribution in [0.5, 0.6) is 0 Å². The topological polar surface area (TPSA) is 50.4 Å². The first-order valence-electron chi connectivity index (χ1n) is 7.70. The van der Waals surface area contributed by atoms with E-state index in [2.05, 4.69) is 48.7 Å². The van der Waals surface area contributed by atoms with E-state index in [4.69, 9.17) is 4.74 Å². The molecule has 0 aromatic heterocycles. The number of nitrogens with one attached hydrogen (secondary N) is 2. The van der Waals surface area contributed by atoms with Crippen LogP contribution in [0, 0.1) is 0 Å². The maximum absolute atomic E-state index is 11.9. The lowest BCUT2D eigenvalue weighted by Gasteiger charge is -2.32. The molecule has 0 bridgehead atoms. The highest BCUT2D eigenvalue weighted by atomic mass is 35.5. The molecule has 0 heterocycles. The van der Waals surface area contributed by atoms with Crippen LogP contribution in [0.15, 0.2) is 30.3 Å². The smallest absolute Gasteiger partial charge is 0.233 e. The molecule has 0 spiro atoms. The predicted octanol–water partition coefficient (Wildman–Crippen LogP) is 2.52. The summed E-state index contributed by atoms with van der Waals surface area (Å²) in [4.78, 5) is 11.9. The molecule has 1 aromatic rings. The van der Waals surface area contributed by atoms with Gasteiger partial charge in [0.05, 0.1) is 13.2 Å². The first-order valence-corrected chi connectivity index (χ1v) is 7.70. The Morgan fingerprint density at radius 2 is 1.82 bits per heavy atom. The molecule has 0 saturated carbocycles. The van der Waals surface area contributed by atoms with E-state index in [1.54, 1.807) is 7.11 Å². The number of carbonyl (C=O) groups is 1. The molecule has 0 fully saturated rings. The number of carbonyl (C=O) groups excluding carboxylic acids is 1. The van der Waals surface area contributed by atoms with Gasteiger partial charge in [0, 0.05) is 25.6 Å². The third-order valence-corrected chi connectivity index (χ3v) is 4.13. The van der Waals surface area contributed by atoms with Gasteiger partial charge in [-0.25, -0.2) is 0 Å². The summed E-state index contributed by atoms with van der Waals surface area (Å²) >= 11 is 0. The molecule has 0 atom stereocenters. The second-order valence-electron chi connectivity index (χ2n) is 5.30. The molecular weight excluding hydrogens is 300 g/mol. The van der Waals surface area contributed by atoms with Crippen molar-refractivity contribution in [1.29, 1.82) is 0 Å². The normalized spacial score (nSPS) is 10.9. The summed E-state index contributed by atoms with van der Waals surface area (Å²) in [5, 5.41) is 6.12. The van der Waals surface area contributed by atoms with Crippen molar-refractivity contribution in [3.05, 3.63) is 35.9 Å². The largest absolute Gasteiger partial charge is 0.383 e. The number of hydrogen-bond acceptors (Lipinski definition) is 3. The molecule has 1 aromatic carbocycles. The van der Waals surface area contributed by atoms with Crippen molar-refractivity contribution in [2.45, 2.75) is 32.1 Å². The van der Waals surface area contributed by atoms with Gasteiger partial charge in [-0.1, -0.05) is 44.2 Å². The van der Waals surface area contributed by atoms with Gasteiger partial charge in [-0.2, -0.15) is 0 Å². The predicted molar refractivity (Wildman–Crippen MR) is 93.7 cm³/mol. The number of amides is 1. The molecule has 126 valence electrons. The van der Waals surface area contributed by atoms with Crippen LogP contribution in [-0.4, -0.2) is 39.3 Å². The molecule has 1 rings (SSSR count). The van der Waals surface area contributed by atoms with Crippen LogP contribution >= 0.6 is 12.4 Å². The molecule has 0 unspecified atom stereocenters. The average Bonchev–Trinajstić information content (AvgIpc) is 2.54. The molecule has 0 aliphatic carbocycles. The summed E-state index contributed by atoms with van der Waals surface area (Å²) in [6.45, 7) is 6.68. The highest BCUT2D eigenvalue weighted by Gasteiger charge is 2.28. The number of methoxy groups -OCH3 is 1. The van der Waals surface area contributed by atoms with Crippen LogP contribution in [0.2, 0.25) is 0 Å². The van der Waals surface area contributed by atoms with Gasteiger partial charge < -0.3 is 15.4 Å². The summed E-state index contributed by atoms with van der Waals surface area (Å²) < 4.78 is 4.94. The summed E-state index contributed by atoms with van der Waals surface area (Å²) in [6, 6.07) is 10.4. The number of ether oxygens (including phenoxy) is 1. The Morgan fingerprint density at radius 1 is 1.18 bits per heavy atom. The lowest BCUT2D eigenvalue weighted by molar-refractivity contribution is -0.120. The molecular formula is C17H29ClN2O2. The maximum Gasteiger partial charge on any atom is 0.233 e. The molecule has 4 nitrogen and oxygen atoms in total. The summed E-state index contributed by atoms with van der Waals surface area (Å²) in [5.41, 5.74) is 1.31. The van der Waals surface area contributed by atoms with E-state index in [-0.39, 0.29) is 23.7 Å². The maximum atomic E-state index is 11.9. The monoisotopic (exact) mass is 328 g/mol. The van der Waals surface area contributed by atoms with Gasteiger partial charge in [0.1, 0.15) is 0 Å². The molecule has 0 radical (unpaired) electrons. The van der Waals surface area contributed by atoms with E-state index in [0.717, 1.165) is 12.8 Å². The Balaban J connectivity index is 0.00000441. The molecule has 0 aliphatic rings. The van der Waals surface area contributed by atoms with Gasteiger partial charge in [0.2, 0.25) is 5.91 Å². The number of rotatable bonds is 10. The SMILES string of the molecule is CCC(CC)(CNC(=O)CNCCOC)c1ccccc1.Cl. The van der Waals surface area contributed by atoms with Crippen molar-refractivity contribution in [1.82, 2.24) is 10.6 Å². The van der Waals surface area contributed by atoms with E-state index in [0.29, 0.717) is 26.2 Å². The highest BCUT2D eigenvalue weighted by Crippen LogP contribution is 2.30. The summed E-state index contributed by atoms with van der Waals surface area (Å²) in [7, 11) is 1.65. The molecule has 0 saturated heterocycles. The summed E-state index contributed by atoms with van der Waals surface area (Å²) in [6.07, 6.45) is 2.01. The van der Waals surface area contributed by atoms with Crippen molar-refractivity contribution >= 4 is 18.3 Å². The van der Waals surface area contributed by atoms with Gasteiger partial charge >= 0.3 is 0 Å². The fraction of sp³-hybridized carbons (Fsp3) is 0.588. The van der Waals surface area contributed by atoms with Gasteiger partial charge in [-0.05, 0) is 18.4 Å². The Bertz CT molecular complexity index is 408. The lowest BCUT2D eigenvalue weighted by Crippen LogP contribution is -2.43. The van der Waals surface area contributed by atoms with E-state index in [9.17, 15) is 4.79 Å². The van der Waals surface area contributed by atoms with E-state index >= 15 is 0 Å². The van der Waals surface area contributed by atoms with Crippen molar-refractivity contribution in [3.63, 3.8) is 0 Å². The minimum atomic E-state index is 0. The molecule has 1 amide bonds. The van der Waals surface area contributed by atoms with Gasteiger partial charge in [-0.15, -0.1) is 12.4 Å². The van der Waals surface area contributed by atoms with Gasteiger partial charge in [0.15, 0.2) is 0 Å². The zero-order chi connectivity index (χ0) is 15.6. The van der Waals surface area contributed by atoms with Crippen LogP contribution in [0.4, 0.5) is 0 Å². The fourth-order valence-corrected chi connectivity index (χ4v) is 2.51. The standard InChI is InChI=1S/C17H28N2O2.ClH/c1-4-17(5-2,15-9-7-6-8-10-15)14-19-16(20)13-18-11-12-21-3;/h6-10,18H,4-5,11-14H2,1-3H3,(H,19,20);1H. The van der Waals surface area contributed by atoms with Crippen molar-refractivity contribution in [2.75, 3.05) is 33.4 Å². The van der Waals surface area contributed by atoms with Crippen LogP contribution in [0.3, 0.4) is 0 Å². The quantitative estimate of drug-likeness (QED) is 0.649. The van der Waals surface area contributed by atoms with E-state index < -0.39 is 0 Å². The Kier molecular flexibility index (Phi) is 10.9. The highest BCUT2D eigenvalue weighted by molar-refractivity contribution is 5.85. The number of halogens is 1. The Morgan fingerprint density at radius 3 is 2.36 bits per heavy atom. The lowest BCUT2D eigenvalue weighted by atomic mass is 9.76. The Labute approximate surface area is 140 Å². The first-order chi connectivity index (χ1) is 10.2. The van der Waals surface area contributed by atoms with Crippen molar-refractivity contribution in [2.24, 2.45) is 0 Å². The third-order valence-electron chi connectivity index (χ3n) is 4.13. The zero-order valence-corrected chi connectivity index (χ0v) is 14.7. The second kappa shape index (κ2) is 11.5. The van der Waals surface area contributed by atoms with Crippen LogP contribution in [0.1, 0.15) is 32.3 Å². The van der Waals surface area contributed by atoms with Crippen LogP contribution < -0.4 is 10.6 Å². The van der Waals surface area contributed by atoms with Gasteiger partial charge in [0.25, 0.3) is 0 Å². The second-order valence-corrected chi connectivity index (χ2v) is 5.30. The molecule has 2 N–H and O–H groups in total. The zero-order valence-electron chi connectivity index (χ0n) is 13.9. The van der Waals surface area contributed by atoms with E-state index in [1.165, 1.54) is 5.56 Å². The molecule has 0 aliphatic heterocycles. The van der Waals surface area contributed by atoms with Crippen molar-refractivity contribution < 1.29 is 9.53 Å². The first kappa shape index (κ1) is 20.9.